The van der Waals surface area contributed by atoms with Crippen LogP contribution < -0.4 is 16.4 Å². The third-order valence-corrected chi connectivity index (χ3v) is 3.17. The molecular weight excluding hydrogens is 216 g/mol. The van der Waals surface area contributed by atoms with Crippen LogP contribution in [0.3, 0.4) is 0 Å². The van der Waals surface area contributed by atoms with Crippen LogP contribution in [-0.4, -0.2) is 25.5 Å². The Morgan fingerprint density at radius 1 is 1.41 bits per heavy atom. The van der Waals surface area contributed by atoms with Gasteiger partial charge in [-0.15, -0.1) is 0 Å². The smallest absolute Gasteiger partial charge is 0.223 e. The van der Waals surface area contributed by atoms with E-state index in [2.05, 4.69) is 24.5 Å². The van der Waals surface area contributed by atoms with Crippen LogP contribution in [0.4, 0.5) is 0 Å². The lowest BCUT2D eigenvalue weighted by molar-refractivity contribution is -0.126. The highest BCUT2D eigenvalue weighted by Gasteiger charge is 2.22. The number of carbonyl (C=O) groups is 1. The van der Waals surface area contributed by atoms with E-state index in [4.69, 9.17) is 11.1 Å². The van der Waals surface area contributed by atoms with E-state index in [-0.39, 0.29) is 17.8 Å². The summed E-state index contributed by atoms with van der Waals surface area (Å²) in [5.74, 6) is 0.659. The average molecular weight is 242 g/mol. The SMILES string of the molecule is CCC(C)[C@@H](CCCCNC(=N)N)C(=O)NC. The molecule has 0 aliphatic carbocycles. The van der Waals surface area contributed by atoms with Gasteiger partial charge in [0.1, 0.15) is 0 Å². The minimum absolute atomic E-state index is 0.00905. The van der Waals surface area contributed by atoms with Crippen LogP contribution in [0.5, 0.6) is 0 Å². The molecule has 0 aliphatic rings. The van der Waals surface area contributed by atoms with E-state index in [9.17, 15) is 4.79 Å². The molecule has 0 saturated carbocycles. The van der Waals surface area contributed by atoms with Crippen LogP contribution >= 0.6 is 0 Å². The maximum absolute atomic E-state index is 11.7. The molecule has 0 aromatic rings. The zero-order chi connectivity index (χ0) is 13.3. The molecule has 0 saturated heterocycles. The second-order valence-corrected chi connectivity index (χ2v) is 4.44. The Kier molecular flexibility index (Phi) is 8.19. The lowest BCUT2D eigenvalue weighted by Crippen LogP contribution is -2.32. The largest absolute Gasteiger partial charge is 0.370 e. The van der Waals surface area contributed by atoms with Gasteiger partial charge in [-0.3, -0.25) is 10.2 Å². The first kappa shape index (κ1) is 15.7. The minimum atomic E-state index is 0.00905. The molecule has 0 radical (unpaired) electrons. The number of guanidine groups is 1. The third-order valence-electron chi connectivity index (χ3n) is 3.17. The molecule has 5 N–H and O–H groups in total. The summed E-state index contributed by atoms with van der Waals surface area (Å²) in [6, 6.07) is 0. The molecule has 5 heteroatoms. The summed E-state index contributed by atoms with van der Waals surface area (Å²) in [5.41, 5.74) is 5.18. The fourth-order valence-corrected chi connectivity index (χ4v) is 1.86. The van der Waals surface area contributed by atoms with E-state index in [0.29, 0.717) is 12.5 Å². The highest BCUT2D eigenvalue weighted by Crippen LogP contribution is 2.21. The van der Waals surface area contributed by atoms with Crippen LogP contribution in [0.25, 0.3) is 0 Å². The van der Waals surface area contributed by atoms with Crippen molar-refractivity contribution in [2.45, 2.75) is 39.5 Å². The first-order valence-electron chi connectivity index (χ1n) is 6.32. The highest BCUT2D eigenvalue weighted by molar-refractivity contribution is 5.78. The highest BCUT2D eigenvalue weighted by atomic mass is 16.1. The van der Waals surface area contributed by atoms with Crippen LogP contribution in [0, 0.1) is 17.2 Å². The summed E-state index contributed by atoms with van der Waals surface area (Å²) in [6.07, 6.45) is 3.82. The number of amides is 1. The number of hydrogen-bond donors (Lipinski definition) is 4. The molecule has 0 rings (SSSR count). The molecular formula is C12H26N4O. The van der Waals surface area contributed by atoms with E-state index >= 15 is 0 Å². The standard InChI is InChI=1S/C12H26N4O/c1-4-9(2)10(11(17)15-3)7-5-6-8-16-12(13)14/h9-10H,4-8H2,1-3H3,(H,15,17)(H4,13,14,16)/t9?,10-/m1/s1. The maximum Gasteiger partial charge on any atom is 0.223 e. The first-order chi connectivity index (χ1) is 8.02. The Morgan fingerprint density at radius 3 is 2.53 bits per heavy atom. The third kappa shape index (κ3) is 6.81. The van der Waals surface area contributed by atoms with Crippen LogP contribution in [0.15, 0.2) is 0 Å². The molecule has 0 heterocycles. The lowest BCUT2D eigenvalue weighted by atomic mass is 9.86. The van der Waals surface area contributed by atoms with Crippen molar-refractivity contribution in [1.29, 1.82) is 5.41 Å². The molecule has 0 fully saturated rings. The molecule has 1 unspecified atom stereocenters. The summed E-state index contributed by atoms with van der Waals surface area (Å²) < 4.78 is 0. The summed E-state index contributed by atoms with van der Waals surface area (Å²) in [7, 11) is 1.69. The Hall–Kier alpha value is -1.26. The van der Waals surface area contributed by atoms with Gasteiger partial charge in [-0.25, -0.2) is 0 Å². The Labute approximate surface area is 104 Å². The van der Waals surface area contributed by atoms with Gasteiger partial charge in [-0.1, -0.05) is 26.7 Å². The van der Waals surface area contributed by atoms with Gasteiger partial charge in [-0.05, 0) is 18.8 Å². The van der Waals surface area contributed by atoms with Gasteiger partial charge >= 0.3 is 0 Å². The van der Waals surface area contributed by atoms with Crippen molar-refractivity contribution in [3.63, 3.8) is 0 Å². The fraction of sp³-hybridized carbons (Fsp3) is 0.833. The molecule has 0 aromatic carbocycles. The van der Waals surface area contributed by atoms with Gasteiger partial charge in [0.2, 0.25) is 5.91 Å². The van der Waals surface area contributed by atoms with Gasteiger partial charge in [0.15, 0.2) is 5.96 Å². The normalized spacial score (nSPS) is 13.8. The van der Waals surface area contributed by atoms with Crippen molar-refractivity contribution in [2.24, 2.45) is 17.6 Å². The number of hydrogen-bond acceptors (Lipinski definition) is 2. The average Bonchev–Trinajstić information content (AvgIpc) is 2.31. The number of nitrogens with two attached hydrogens (primary N) is 1. The van der Waals surface area contributed by atoms with Crippen molar-refractivity contribution >= 4 is 11.9 Å². The number of nitrogens with one attached hydrogen (secondary N) is 3. The summed E-state index contributed by atoms with van der Waals surface area (Å²) >= 11 is 0. The molecule has 0 spiro atoms. The minimum Gasteiger partial charge on any atom is -0.370 e. The second-order valence-electron chi connectivity index (χ2n) is 4.44. The quantitative estimate of drug-likeness (QED) is 0.291. The summed E-state index contributed by atoms with van der Waals surface area (Å²) in [5, 5.41) is 12.5. The van der Waals surface area contributed by atoms with Gasteiger partial charge in [-0.2, -0.15) is 0 Å². The zero-order valence-electron chi connectivity index (χ0n) is 11.2. The van der Waals surface area contributed by atoms with Gasteiger partial charge in [0, 0.05) is 19.5 Å². The van der Waals surface area contributed by atoms with Crippen LogP contribution in [0.1, 0.15) is 39.5 Å². The topological polar surface area (TPSA) is 91.0 Å². The van der Waals surface area contributed by atoms with Gasteiger partial charge in [0.25, 0.3) is 0 Å². The van der Waals surface area contributed by atoms with Crippen LogP contribution in [0.2, 0.25) is 0 Å². The molecule has 0 bridgehead atoms. The van der Waals surface area contributed by atoms with E-state index in [1.165, 1.54) is 0 Å². The molecule has 100 valence electrons. The van der Waals surface area contributed by atoms with Crippen LogP contribution in [-0.2, 0) is 4.79 Å². The summed E-state index contributed by atoms with van der Waals surface area (Å²) in [6.45, 7) is 4.93. The first-order valence-corrected chi connectivity index (χ1v) is 6.32. The Bertz CT molecular complexity index is 243. The van der Waals surface area contributed by atoms with Crippen molar-refractivity contribution in [3.8, 4) is 0 Å². The molecule has 2 atom stereocenters. The Morgan fingerprint density at radius 2 is 2.06 bits per heavy atom. The van der Waals surface area contributed by atoms with E-state index in [1.54, 1.807) is 7.05 Å². The molecule has 17 heavy (non-hydrogen) atoms. The van der Waals surface area contributed by atoms with E-state index in [0.717, 1.165) is 25.7 Å². The van der Waals surface area contributed by atoms with Gasteiger partial charge < -0.3 is 16.4 Å². The number of rotatable bonds is 8. The number of carbonyl (C=O) groups excluding carboxylic acids is 1. The fourth-order valence-electron chi connectivity index (χ4n) is 1.86. The summed E-state index contributed by atoms with van der Waals surface area (Å²) in [4.78, 5) is 11.7. The van der Waals surface area contributed by atoms with Crippen molar-refractivity contribution < 1.29 is 4.79 Å². The van der Waals surface area contributed by atoms with E-state index < -0.39 is 0 Å². The monoisotopic (exact) mass is 242 g/mol. The molecule has 5 nitrogen and oxygen atoms in total. The predicted molar refractivity (Wildman–Crippen MR) is 70.8 cm³/mol. The predicted octanol–water partition coefficient (Wildman–Crippen LogP) is 1.05. The maximum atomic E-state index is 11.7. The van der Waals surface area contributed by atoms with Crippen molar-refractivity contribution in [3.05, 3.63) is 0 Å². The van der Waals surface area contributed by atoms with Crippen molar-refractivity contribution in [1.82, 2.24) is 10.6 Å². The zero-order valence-corrected chi connectivity index (χ0v) is 11.2. The van der Waals surface area contributed by atoms with Crippen molar-refractivity contribution in [2.75, 3.05) is 13.6 Å². The van der Waals surface area contributed by atoms with E-state index in [1.807, 2.05) is 0 Å². The molecule has 1 amide bonds. The van der Waals surface area contributed by atoms with Gasteiger partial charge in [0.05, 0.1) is 0 Å². The lowest BCUT2D eigenvalue weighted by Gasteiger charge is -2.21. The Balaban J connectivity index is 3.92. The number of unbranched alkanes of at least 4 members (excludes halogenated alkanes) is 1. The second kappa shape index (κ2) is 8.84. The molecule has 0 aliphatic heterocycles. The molecule has 0 aromatic heterocycles.